The maximum Gasteiger partial charge on any atom is 0.264 e. The smallest absolute Gasteiger partial charge is 0.264 e. The van der Waals surface area contributed by atoms with Crippen LogP contribution in [0.5, 0.6) is 5.88 Å². The van der Waals surface area contributed by atoms with Crippen molar-refractivity contribution in [1.29, 1.82) is 5.41 Å². The summed E-state index contributed by atoms with van der Waals surface area (Å²) in [6.07, 6.45) is 0. The molecule has 0 atom stereocenters. The molecule has 3 heterocycles. The van der Waals surface area contributed by atoms with E-state index in [1.54, 1.807) is 42.5 Å². The lowest BCUT2D eigenvalue weighted by molar-refractivity contribution is 0.459. The lowest BCUT2D eigenvalue weighted by Gasteiger charge is -2.11. The molecule has 0 aliphatic rings. The normalized spacial score (nSPS) is 12.3. The monoisotopic (exact) mass is 354 g/mol. The predicted molar refractivity (Wildman–Crippen MR) is 102 cm³/mol. The van der Waals surface area contributed by atoms with Crippen LogP contribution in [0.4, 0.5) is 0 Å². The number of fused-ring (bicyclic) bond motifs is 4. The second kappa shape index (κ2) is 4.39. The fourth-order valence-electron chi connectivity index (χ4n) is 4.07. The van der Waals surface area contributed by atoms with Crippen LogP contribution in [-0.4, -0.2) is 19.5 Å². The molecule has 7 nitrogen and oxygen atoms in total. The topological polar surface area (TPSA) is 111 Å². The van der Waals surface area contributed by atoms with Gasteiger partial charge in [0.1, 0.15) is 5.65 Å². The number of aromatic amines is 1. The van der Waals surface area contributed by atoms with Gasteiger partial charge in [-0.2, -0.15) is 0 Å². The molecule has 0 saturated heterocycles. The van der Waals surface area contributed by atoms with Crippen LogP contribution in [-0.2, 0) is 0 Å². The minimum atomic E-state index is -0.408. The highest BCUT2D eigenvalue weighted by molar-refractivity contribution is 6.26. The van der Waals surface area contributed by atoms with Crippen LogP contribution in [0.25, 0.3) is 49.0 Å². The SMILES string of the molecule is N=c1ccc2nc3c4ccc5c(O)[nH]c(=O)c6ccc(c(=O)n3c2c1)c4c56. The van der Waals surface area contributed by atoms with E-state index in [2.05, 4.69) is 9.97 Å². The molecule has 7 heteroatoms. The summed E-state index contributed by atoms with van der Waals surface area (Å²) in [5, 5.41) is 21.6. The summed E-state index contributed by atoms with van der Waals surface area (Å²) in [4.78, 5) is 32.6. The van der Waals surface area contributed by atoms with Crippen molar-refractivity contribution in [2.45, 2.75) is 0 Å². The van der Waals surface area contributed by atoms with Gasteiger partial charge in [-0.1, -0.05) is 0 Å². The Kier molecular flexibility index (Phi) is 2.31. The number of pyridine rings is 2. The zero-order valence-electron chi connectivity index (χ0n) is 13.7. The van der Waals surface area contributed by atoms with Gasteiger partial charge in [-0.3, -0.25) is 19.0 Å². The molecular formula is C20H10N4O3. The van der Waals surface area contributed by atoms with Gasteiger partial charge in [-0.15, -0.1) is 0 Å². The number of aromatic hydroxyl groups is 1. The van der Waals surface area contributed by atoms with Gasteiger partial charge in [-0.05, 0) is 42.5 Å². The Morgan fingerprint density at radius 1 is 0.926 bits per heavy atom. The molecule has 0 fully saturated rings. The van der Waals surface area contributed by atoms with Gasteiger partial charge in [0.25, 0.3) is 11.1 Å². The van der Waals surface area contributed by atoms with E-state index in [4.69, 9.17) is 5.41 Å². The zero-order valence-corrected chi connectivity index (χ0v) is 13.7. The van der Waals surface area contributed by atoms with E-state index < -0.39 is 5.56 Å². The summed E-state index contributed by atoms with van der Waals surface area (Å²) in [7, 11) is 0. The van der Waals surface area contributed by atoms with Crippen molar-refractivity contribution in [3.8, 4) is 5.88 Å². The minimum Gasteiger partial charge on any atom is -0.494 e. The highest BCUT2D eigenvalue weighted by atomic mass is 16.3. The van der Waals surface area contributed by atoms with Crippen LogP contribution in [0.15, 0.2) is 52.1 Å². The fraction of sp³-hybridized carbons (Fsp3) is 0. The van der Waals surface area contributed by atoms with E-state index in [0.29, 0.717) is 49.0 Å². The van der Waals surface area contributed by atoms with Gasteiger partial charge in [0.05, 0.1) is 16.4 Å². The molecule has 0 spiro atoms. The summed E-state index contributed by atoms with van der Waals surface area (Å²) in [6.45, 7) is 0. The summed E-state index contributed by atoms with van der Waals surface area (Å²) < 4.78 is 1.51. The van der Waals surface area contributed by atoms with E-state index in [1.165, 1.54) is 4.40 Å². The molecule has 128 valence electrons. The lowest BCUT2D eigenvalue weighted by atomic mass is 9.96. The number of aromatic nitrogens is 3. The lowest BCUT2D eigenvalue weighted by Crippen LogP contribution is -2.15. The standard InChI is InChI=1S/C20H10N4O3/c21-8-1-6-13-14(7-8)24-17(22-13)9-2-3-10-16-11(19(26)23-18(10)25)4-5-12(15(9)16)20(24)27/h1-7,21H,(H2,23,25,26). The van der Waals surface area contributed by atoms with E-state index >= 15 is 0 Å². The number of hydrogen-bond donors (Lipinski definition) is 3. The Hall–Kier alpha value is -4.00. The van der Waals surface area contributed by atoms with Crippen molar-refractivity contribution in [3.05, 3.63) is 68.5 Å². The van der Waals surface area contributed by atoms with Gasteiger partial charge in [0.2, 0.25) is 0 Å². The molecule has 0 radical (unpaired) electrons. The molecule has 6 rings (SSSR count). The van der Waals surface area contributed by atoms with E-state index in [-0.39, 0.29) is 11.4 Å². The molecule has 6 aromatic rings. The quantitative estimate of drug-likeness (QED) is 0.363. The highest BCUT2D eigenvalue weighted by Crippen LogP contribution is 2.36. The summed E-state index contributed by atoms with van der Waals surface area (Å²) >= 11 is 0. The molecule has 0 saturated carbocycles. The van der Waals surface area contributed by atoms with Crippen molar-refractivity contribution in [2.75, 3.05) is 0 Å². The maximum atomic E-state index is 13.3. The van der Waals surface area contributed by atoms with Gasteiger partial charge in [-0.25, -0.2) is 4.98 Å². The van der Waals surface area contributed by atoms with Gasteiger partial charge < -0.3 is 10.5 Å². The zero-order chi connectivity index (χ0) is 18.4. The average Bonchev–Trinajstić information content (AvgIpc) is 3.03. The molecule has 27 heavy (non-hydrogen) atoms. The van der Waals surface area contributed by atoms with Crippen LogP contribution < -0.4 is 16.5 Å². The predicted octanol–water partition coefficient (Wildman–Crippen LogP) is 2.06. The molecule has 0 aliphatic carbocycles. The van der Waals surface area contributed by atoms with Crippen LogP contribution in [0.1, 0.15) is 0 Å². The number of benzene rings is 3. The Morgan fingerprint density at radius 3 is 2.48 bits per heavy atom. The highest BCUT2D eigenvalue weighted by Gasteiger charge is 2.20. The van der Waals surface area contributed by atoms with Crippen molar-refractivity contribution < 1.29 is 5.11 Å². The third kappa shape index (κ3) is 1.56. The Morgan fingerprint density at radius 2 is 1.63 bits per heavy atom. The summed E-state index contributed by atoms with van der Waals surface area (Å²) in [5.74, 6) is -0.221. The third-order valence-corrected chi connectivity index (χ3v) is 5.22. The minimum absolute atomic E-state index is 0.221. The van der Waals surface area contributed by atoms with Crippen LogP contribution >= 0.6 is 0 Å². The summed E-state index contributed by atoms with van der Waals surface area (Å²) in [6, 6.07) is 11.7. The van der Waals surface area contributed by atoms with Gasteiger partial charge >= 0.3 is 0 Å². The van der Waals surface area contributed by atoms with E-state index in [1.807, 2.05) is 0 Å². The molecule has 3 N–H and O–H groups in total. The molecule has 0 bridgehead atoms. The molecular weight excluding hydrogens is 344 g/mol. The van der Waals surface area contributed by atoms with Crippen LogP contribution in [0.3, 0.4) is 0 Å². The Bertz CT molecular complexity index is 1750. The first-order valence-corrected chi connectivity index (χ1v) is 8.31. The summed E-state index contributed by atoms with van der Waals surface area (Å²) in [5.41, 5.74) is 1.00. The van der Waals surface area contributed by atoms with Gasteiger partial charge in [0.15, 0.2) is 5.88 Å². The number of nitrogens with one attached hydrogen (secondary N) is 2. The average molecular weight is 354 g/mol. The Balaban J connectivity index is 2.05. The molecule has 0 aliphatic heterocycles. The maximum absolute atomic E-state index is 13.3. The first kappa shape index (κ1) is 14.2. The number of imidazole rings is 1. The van der Waals surface area contributed by atoms with Crippen molar-refractivity contribution >= 4 is 49.0 Å². The number of nitrogens with zero attached hydrogens (tertiary/aromatic N) is 2. The third-order valence-electron chi connectivity index (χ3n) is 5.22. The Labute approximate surface area is 148 Å². The fourth-order valence-corrected chi connectivity index (χ4v) is 4.07. The molecule has 3 aromatic carbocycles. The molecule has 3 aromatic heterocycles. The van der Waals surface area contributed by atoms with Gasteiger partial charge in [0, 0.05) is 32.3 Å². The van der Waals surface area contributed by atoms with Crippen molar-refractivity contribution in [1.82, 2.24) is 14.4 Å². The van der Waals surface area contributed by atoms with Crippen LogP contribution in [0.2, 0.25) is 0 Å². The van der Waals surface area contributed by atoms with Crippen molar-refractivity contribution in [3.63, 3.8) is 0 Å². The second-order valence-electron chi connectivity index (χ2n) is 6.65. The first-order chi connectivity index (χ1) is 13.0. The number of H-pyrrole nitrogens is 1. The molecule has 0 amide bonds. The number of hydrogen-bond acceptors (Lipinski definition) is 5. The van der Waals surface area contributed by atoms with E-state index in [9.17, 15) is 14.7 Å². The molecule has 0 unspecified atom stereocenters. The number of rotatable bonds is 0. The second-order valence-corrected chi connectivity index (χ2v) is 6.65. The van der Waals surface area contributed by atoms with Crippen LogP contribution in [0, 0.1) is 5.41 Å². The largest absolute Gasteiger partial charge is 0.494 e. The first-order valence-electron chi connectivity index (χ1n) is 8.31. The van der Waals surface area contributed by atoms with E-state index in [0.717, 1.165) is 5.39 Å². The van der Waals surface area contributed by atoms with Crippen molar-refractivity contribution in [2.24, 2.45) is 0 Å².